The number of halogens is 1. The maximum atomic E-state index is 6.19. The number of aryl methyl sites for hydroxylation is 1. The van der Waals surface area contributed by atoms with Gasteiger partial charge in [0, 0.05) is 36.1 Å². The number of ether oxygens (including phenoxy) is 1. The standard InChI is InChI=1S/C24H24ClN3O/c25-21-7-3-5-19(15-21)17-29-24-10-9-20-6-1-2-8-22(20)23(24)16-26-11-4-13-28-14-12-27-18-28/h1-3,5-10,12,14-15,18,26H,4,11,13,16-17H2. The summed E-state index contributed by atoms with van der Waals surface area (Å²) in [5.41, 5.74) is 2.25. The van der Waals surface area contributed by atoms with Gasteiger partial charge in [0.05, 0.1) is 6.33 Å². The monoisotopic (exact) mass is 405 g/mol. The molecule has 0 bridgehead atoms. The van der Waals surface area contributed by atoms with Gasteiger partial charge in [0.1, 0.15) is 12.4 Å². The van der Waals surface area contributed by atoms with E-state index in [2.05, 4.69) is 51.3 Å². The first-order chi connectivity index (χ1) is 14.3. The van der Waals surface area contributed by atoms with Gasteiger partial charge in [-0.3, -0.25) is 0 Å². The van der Waals surface area contributed by atoms with Gasteiger partial charge in [-0.15, -0.1) is 0 Å². The summed E-state index contributed by atoms with van der Waals surface area (Å²) < 4.78 is 8.29. The zero-order chi connectivity index (χ0) is 19.9. The summed E-state index contributed by atoms with van der Waals surface area (Å²) in [7, 11) is 0. The Morgan fingerprint density at radius 2 is 1.97 bits per heavy atom. The highest BCUT2D eigenvalue weighted by molar-refractivity contribution is 6.30. The molecule has 0 aliphatic rings. The van der Waals surface area contributed by atoms with Crippen LogP contribution in [0.3, 0.4) is 0 Å². The van der Waals surface area contributed by atoms with Crippen LogP contribution in [0.5, 0.6) is 5.75 Å². The molecule has 3 aromatic carbocycles. The lowest BCUT2D eigenvalue weighted by Gasteiger charge is -2.15. The average Bonchev–Trinajstić information content (AvgIpc) is 3.26. The second-order valence-corrected chi connectivity index (χ2v) is 7.45. The van der Waals surface area contributed by atoms with Crippen molar-refractivity contribution < 1.29 is 4.74 Å². The van der Waals surface area contributed by atoms with E-state index in [1.807, 2.05) is 43.0 Å². The Morgan fingerprint density at radius 1 is 1.03 bits per heavy atom. The van der Waals surface area contributed by atoms with Crippen molar-refractivity contribution in [2.45, 2.75) is 26.1 Å². The smallest absolute Gasteiger partial charge is 0.124 e. The van der Waals surface area contributed by atoms with Crippen LogP contribution in [-0.2, 0) is 19.7 Å². The zero-order valence-electron chi connectivity index (χ0n) is 16.2. The minimum Gasteiger partial charge on any atom is -0.489 e. The number of rotatable bonds is 9. The fraction of sp³-hybridized carbons (Fsp3) is 0.208. The van der Waals surface area contributed by atoms with Gasteiger partial charge in [-0.25, -0.2) is 4.98 Å². The minimum atomic E-state index is 0.493. The lowest BCUT2D eigenvalue weighted by molar-refractivity contribution is 0.302. The normalized spacial score (nSPS) is 11.1. The second-order valence-electron chi connectivity index (χ2n) is 7.01. The van der Waals surface area contributed by atoms with E-state index in [4.69, 9.17) is 16.3 Å². The van der Waals surface area contributed by atoms with Gasteiger partial charge in [0.25, 0.3) is 0 Å². The van der Waals surface area contributed by atoms with Crippen molar-refractivity contribution in [3.8, 4) is 5.75 Å². The van der Waals surface area contributed by atoms with Crippen LogP contribution < -0.4 is 10.1 Å². The van der Waals surface area contributed by atoms with Gasteiger partial charge in [-0.2, -0.15) is 0 Å². The fourth-order valence-electron chi connectivity index (χ4n) is 3.44. The number of aromatic nitrogens is 2. The van der Waals surface area contributed by atoms with Crippen LogP contribution in [0.4, 0.5) is 0 Å². The van der Waals surface area contributed by atoms with E-state index in [-0.39, 0.29) is 0 Å². The van der Waals surface area contributed by atoms with Crippen LogP contribution in [0.15, 0.2) is 79.4 Å². The molecule has 0 spiro atoms. The molecule has 1 aromatic heterocycles. The largest absolute Gasteiger partial charge is 0.489 e. The quantitative estimate of drug-likeness (QED) is 0.376. The molecule has 0 saturated carbocycles. The average molecular weight is 406 g/mol. The molecule has 0 radical (unpaired) electrons. The predicted molar refractivity (Wildman–Crippen MR) is 118 cm³/mol. The number of fused-ring (bicyclic) bond motifs is 1. The van der Waals surface area contributed by atoms with Crippen molar-refractivity contribution in [1.29, 1.82) is 0 Å². The third-order valence-corrected chi connectivity index (χ3v) is 5.15. The van der Waals surface area contributed by atoms with Gasteiger partial charge in [0.15, 0.2) is 0 Å². The summed E-state index contributed by atoms with van der Waals surface area (Å²) in [5.74, 6) is 0.908. The molecular formula is C24H24ClN3O. The molecule has 0 aliphatic carbocycles. The lowest BCUT2D eigenvalue weighted by atomic mass is 10.0. The lowest BCUT2D eigenvalue weighted by Crippen LogP contribution is -2.17. The minimum absolute atomic E-state index is 0.493. The molecule has 4 aromatic rings. The predicted octanol–water partition coefficient (Wildman–Crippen LogP) is 5.45. The molecule has 5 heteroatoms. The third kappa shape index (κ3) is 5.17. The Hall–Kier alpha value is -2.82. The van der Waals surface area contributed by atoms with E-state index in [9.17, 15) is 0 Å². The SMILES string of the molecule is Clc1cccc(COc2ccc3ccccc3c2CNCCCn2ccnc2)c1. The van der Waals surface area contributed by atoms with E-state index < -0.39 is 0 Å². The summed E-state index contributed by atoms with van der Waals surface area (Å²) in [4.78, 5) is 4.08. The number of nitrogens with zero attached hydrogens (tertiary/aromatic N) is 2. The number of nitrogens with one attached hydrogen (secondary N) is 1. The maximum Gasteiger partial charge on any atom is 0.124 e. The van der Waals surface area contributed by atoms with Crippen LogP contribution in [0.1, 0.15) is 17.5 Å². The maximum absolute atomic E-state index is 6.19. The number of hydrogen-bond acceptors (Lipinski definition) is 3. The molecule has 29 heavy (non-hydrogen) atoms. The third-order valence-electron chi connectivity index (χ3n) is 4.91. The Morgan fingerprint density at radius 3 is 2.83 bits per heavy atom. The Kier molecular flexibility index (Phi) is 6.45. The zero-order valence-corrected chi connectivity index (χ0v) is 17.0. The van der Waals surface area contributed by atoms with Gasteiger partial charge in [-0.1, -0.05) is 54.1 Å². The molecule has 0 fully saturated rings. The Labute approximate surface area is 176 Å². The molecule has 0 amide bonds. The molecule has 1 N–H and O–H groups in total. The number of hydrogen-bond donors (Lipinski definition) is 1. The highest BCUT2D eigenvalue weighted by Gasteiger charge is 2.09. The van der Waals surface area contributed by atoms with Crippen molar-refractivity contribution in [2.75, 3.05) is 6.54 Å². The highest BCUT2D eigenvalue weighted by atomic mass is 35.5. The van der Waals surface area contributed by atoms with Crippen LogP contribution in [-0.4, -0.2) is 16.1 Å². The van der Waals surface area contributed by atoms with Crippen LogP contribution in [0.2, 0.25) is 5.02 Å². The topological polar surface area (TPSA) is 39.1 Å². The molecule has 0 atom stereocenters. The Balaban J connectivity index is 1.45. The summed E-state index contributed by atoms with van der Waals surface area (Å²) in [6.07, 6.45) is 6.70. The van der Waals surface area contributed by atoms with E-state index >= 15 is 0 Å². The fourth-order valence-corrected chi connectivity index (χ4v) is 3.65. The van der Waals surface area contributed by atoms with Gasteiger partial charge >= 0.3 is 0 Å². The first-order valence-corrected chi connectivity index (χ1v) is 10.2. The molecule has 0 unspecified atom stereocenters. The van der Waals surface area contributed by atoms with E-state index in [0.29, 0.717) is 6.61 Å². The highest BCUT2D eigenvalue weighted by Crippen LogP contribution is 2.29. The van der Waals surface area contributed by atoms with Crippen molar-refractivity contribution in [3.63, 3.8) is 0 Å². The molecule has 0 saturated heterocycles. The number of benzene rings is 3. The summed E-state index contributed by atoms with van der Waals surface area (Å²) >= 11 is 6.10. The first-order valence-electron chi connectivity index (χ1n) is 9.84. The van der Waals surface area contributed by atoms with Crippen molar-refractivity contribution in [3.05, 3.63) is 95.5 Å². The van der Waals surface area contributed by atoms with Gasteiger partial charge in [-0.05, 0) is 47.5 Å². The van der Waals surface area contributed by atoms with E-state index in [0.717, 1.165) is 42.4 Å². The van der Waals surface area contributed by atoms with Crippen LogP contribution in [0.25, 0.3) is 10.8 Å². The molecule has 0 aliphatic heterocycles. The van der Waals surface area contributed by atoms with Crippen LogP contribution in [0, 0.1) is 0 Å². The van der Waals surface area contributed by atoms with E-state index in [1.54, 1.807) is 0 Å². The van der Waals surface area contributed by atoms with Crippen molar-refractivity contribution >= 4 is 22.4 Å². The Bertz CT molecular complexity index is 1060. The molecule has 4 nitrogen and oxygen atoms in total. The molecule has 1 heterocycles. The van der Waals surface area contributed by atoms with E-state index in [1.165, 1.54) is 16.3 Å². The van der Waals surface area contributed by atoms with Crippen LogP contribution >= 0.6 is 11.6 Å². The summed E-state index contributed by atoms with van der Waals surface area (Å²) in [6.45, 7) is 3.14. The molecular weight excluding hydrogens is 382 g/mol. The van der Waals surface area contributed by atoms with Crippen molar-refractivity contribution in [2.24, 2.45) is 0 Å². The summed E-state index contributed by atoms with van der Waals surface area (Å²) in [6, 6.07) is 20.4. The first kappa shape index (κ1) is 19.5. The van der Waals surface area contributed by atoms with Crippen molar-refractivity contribution in [1.82, 2.24) is 14.9 Å². The van der Waals surface area contributed by atoms with Gasteiger partial charge in [0.2, 0.25) is 0 Å². The second kappa shape index (κ2) is 9.59. The summed E-state index contributed by atoms with van der Waals surface area (Å²) in [5, 5.41) is 6.74. The molecule has 4 rings (SSSR count). The number of imidazole rings is 1. The van der Waals surface area contributed by atoms with Gasteiger partial charge < -0.3 is 14.6 Å². The molecule has 148 valence electrons.